The van der Waals surface area contributed by atoms with E-state index in [0.717, 1.165) is 5.82 Å². The zero-order valence-electron chi connectivity index (χ0n) is 7.99. The number of pyridine rings is 1. The van der Waals surface area contributed by atoms with Crippen LogP contribution in [-0.4, -0.2) is 29.4 Å². The lowest BCUT2D eigenvalue weighted by molar-refractivity contribution is 0.108. The third-order valence-electron chi connectivity index (χ3n) is 1.64. The Morgan fingerprint density at radius 3 is 2.93 bits per heavy atom. The predicted molar refractivity (Wildman–Crippen MR) is 59.6 cm³/mol. The van der Waals surface area contributed by atoms with Crippen LogP contribution in [0.15, 0.2) is 18.3 Å². The molecule has 0 spiro atoms. The molecule has 0 amide bonds. The van der Waals surface area contributed by atoms with Crippen molar-refractivity contribution in [3.05, 3.63) is 23.9 Å². The largest absolute Gasteiger partial charge is 0.369 e. The van der Waals surface area contributed by atoms with Crippen LogP contribution in [0.2, 0.25) is 0 Å². The minimum Gasteiger partial charge on any atom is -0.369 e. The molecule has 14 heavy (non-hydrogen) atoms. The molecule has 5 heteroatoms. The van der Waals surface area contributed by atoms with Gasteiger partial charge in [-0.3, -0.25) is 4.79 Å². The molecule has 0 aliphatic rings. The van der Waals surface area contributed by atoms with Crippen molar-refractivity contribution >= 4 is 22.7 Å². The first kappa shape index (κ1) is 11.0. The second-order valence-electron chi connectivity index (χ2n) is 2.64. The van der Waals surface area contributed by atoms with Crippen LogP contribution in [0.1, 0.15) is 10.4 Å². The molecule has 3 N–H and O–H groups in total. The van der Waals surface area contributed by atoms with Crippen LogP contribution in [-0.2, 0) is 0 Å². The number of hydrogen-bond donors (Lipinski definition) is 2. The summed E-state index contributed by atoms with van der Waals surface area (Å²) in [6, 6.07) is 3.53. The number of rotatable bonds is 4. The van der Waals surface area contributed by atoms with E-state index >= 15 is 0 Å². The van der Waals surface area contributed by atoms with Gasteiger partial charge >= 0.3 is 0 Å². The Balaban J connectivity index is 2.63. The van der Waals surface area contributed by atoms with Crippen LogP contribution in [0.3, 0.4) is 0 Å². The average molecular weight is 211 g/mol. The van der Waals surface area contributed by atoms with Gasteiger partial charge in [0.05, 0.1) is 0 Å². The molecule has 0 saturated heterocycles. The van der Waals surface area contributed by atoms with Crippen molar-refractivity contribution in [2.24, 2.45) is 5.73 Å². The van der Waals surface area contributed by atoms with E-state index in [1.807, 2.05) is 0 Å². The van der Waals surface area contributed by atoms with Gasteiger partial charge in [0.25, 0.3) is 0 Å². The van der Waals surface area contributed by atoms with Gasteiger partial charge in [-0.15, -0.1) is 0 Å². The molecule has 0 fully saturated rings. The third kappa shape index (κ3) is 3.01. The fourth-order valence-electron chi connectivity index (χ4n) is 0.937. The van der Waals surface area contributed by atoms with E-state index in [0.29, 0.717) is 18.7 Å². The standard InChI is InChI=1S/C9H13N3OS/c1-14-9(13)7-2-3-8(12-6-7)11-5-4-10/h2-3,6H,4-5,10H2,1H3,(H,11,12). The van der Waals surface area contributed by atoms with Gasteiger partial charge < -0.3 is 11.1 Å². The summed E-state index contributed by atoms with van der Waals surface area (Å²) in [5.41, 5.74) is 5.95. The summed E-state index contributed by atoms with van der Waals surface area (Å²) in [4.78, 5) is 15.3. The van der Waals surface area contributed by atoms with Crippen LogP contribution >= 0.6 is 11.8 Å². The van der Waals surface area contributed by atoms with E-state index in [-0.39, 0.29) is 5.12 Å². The fraction of sp³-hybridized carbons (Fsp3) is 0.333. The molecule has 0 saturated carbocycles. The van der Waals surface area contributed by atoms with Crippen molar-refractivity contribution in [2.45, 2.75) is 0 Å². The highest BCUT2D eigenvalue weighted by Crippen LogP contribution is 2.10. The van der Waals surface area contributed by atoms with E-state index in [2.05, 4.69) is 10.3 Å². The number of thioether (sulfide) groups is 1. The second-order valence-corrected chi connectivity index (χ2v) is 3.42. The van der Waals surface area contributed by atoms with E-state index in [1.54, 1.807) is 24.6 Å². The van der Waals surface area contributed by atoms with Crippen molar-refractivity contribution in [1.82, 2.24) is 4.98 Å². The lowest BCUT2D eigenvalue weighted by Crippen LogP contribution is -2.13. The summed E-state index contributed by atoms with van der Waals surface area (Å²) in [5.74, 6) is 0.744. The number of hydrogen-bond acceptors (Lipinski definition) is 5. The molecule has 76 valence electrons. The maximum atomic E-state index is 11.2. The van der Waals surface area contributed by atoms with Crippen molar-refractivity contribution < 1.29 is 4.79 Å². The maximum absolute atomic E-state index is 11.2. The number of nitrogens with zero attached hydrogens (tertiary/aromatic N) is 1. The van der Waals surface area contributed by atoms with Crippen LogP contribution in [0.5, 0.6) is 0 Å². The topological polar surface area (TPSA) is 68.0 Å². The highest BCUT2D eigenvalue weighted by molar-refractivity contribution is 8.13. The quantitative estimate of drug-likeness (QED) is 0.776. The molecule has 0 unspecified atom stereocenters. The first-order valence-corrected chi connectivity index (χ1v) is 5.48. The minimum atomic E-state index is 0.0304. The normalized spacial score (nSPS) is 9.86. The number of carbonyl (C=O) groups is 1. The Bertz CT molecular complexity index is 299. The molecule has 0 bridgehead atoms. The Morgan fingerprint density at radius 2 is 2.43 bits per heavy atom. The van der Waals surface area contributed by atoms with Crippen LogP contribution in [0.4, 0.5) is 5.82 Å². The van der Waals surface area contributed by atoms with Crippen LogP contribution in [0, 0.1) is 0 Å². The van der Waals surface area contributed by atoms with Gasteiger partial charge in [0.1, 0.15) is 5.82 Å². The maximum Gasteiger partial charge on any atom is 0.220 e. The highest BCUT2D eigenvalue weighted by Gasteiger charge is 2.03. The summed E-state index contributed by atoms with van der Waals surface area (Å²) in [7, 11) is 0. The predicted octanol–water partition coefficient (Wildman–Crippen LogP) is 0.955. The Kier molecular flexibility index (Phi) is 4.42. The van der Waals surface area contributed by atoms with Gasteiger partial charge in [0.15, 0.2) is 0 Å². The van der Waals surface area contributed by atoms with Crippen molar-refractivity contribution in [3.63, 3.8) is 0 Å². The number of carbonyl (C=O) groups excluding carboxylic acids is 1. The molecule has 1 aromatic heterocycles. The van der Waals surface area contributed by atoms with E-state index in [9.17, 15) is 4.79 Å². The molecular formula is C9H13N3OS. The summed E-state index contributed by atoms with van der Waals surface area (Å²) in [5, 5.41) is 3.05. The zero-order valence-corrected chi connectivity index (χ0v) is 8.80. The first-order valence-electron chi connectivity index (χ1n) is 4.26. The van der Waals surface area contributed by atoms with Gasteiger partial charge in [0, 0.05) is 24.8 Å². The fourth-order valence-corrected chi connectivity index (χ4v) is 1.29. The molecule has 0 atom stereocenters. The van der Waals surface area contributed by atoms with Gasteiger partial charge in [-0.05, 0) is 18.4 Å². The first-order chi connectivity index (χ1) is 6.77. The lowest BCUT2D eigenvalue weighted by Gasteiger charge is -2.03. The zero-order chi connectivity index (χ0) is 10.4. The smallest absolute Gasteiger partial charge is 0.220 e. The van der Waals surface area contributed by atoms with Gasteiger partial charge in [-0.2, -0.15) is 0 Å². The molecule has 4 nitrogen and oxygen atoms in total. The molecule has 0 aromatic carbocycles. The number of anilines is 1. The SMILES string of the molecule is CSC(=O)c1ccc(NCCN)nc1. The van der Waals surface area contributed by atoms with Crippen LogP contribution < -0.4 is 11.1 Å². The Hall–Kier alpha value is -1.07. The summed E-state index contributed by atoms with van der Waals surface area (Å²) >= 11 is 1.18. The minimum absolute atomic E-state index is 0.0304. The lowest BCUT2D eigenvalue weighted by atomic mass is 10.3. The highest BCUT2D eigenvalue weighted by atomic mass is 32.2. The average Bonchev–Trinajstić information content (AvgIpc) is 2.26. The van der Waals surface area contributed by atoms with Crippen molar-refractivity contribution in [3.8, 4) is 0 Å². The summed E-state index contributed by atoms with van der Waals surface area (Å²) in [6.07, 6.45) is 3.32. The number of nitrogens with two attached hydrogens (primary N) is 1. The Labute approximate surface area is 87.3 Å². The monoisotopic (exact) mass is 211 g/mol. The van der Waals surface area contributed by atoms with Crippen LogP contribution in [0.25, 0.3) is 0 Å². The molecule has 0 aliphatic carbocycles. The molecule has 0 aliphatic heterocycles. The van der Waals surface area contributed by atoms with Gasteiger partial charge in [0.2, 0.25) is 5.12 Å². The number of nitrogens with one attached hydrogen (secondary N) is 1. The summed E-state index contributed by atoms with van der Waals surface area (Å²) < 4.78 is 0. The van der Waals surface area contributed by atoms with Crippen molar-refractivity contribution in [2.75, 3.05) is 24.7 Å². The second kappa shape index (κ2) is 5.62. The summed E-state index contributed by atoms with van der Waals surface area (Å²) in [6.45, 7) is 1.25. The molecule has 1 rings (SSSR count). The van der Waals surface area contributed by atoms with Gasteiger partial charge in [-0.1, -0.05) is 11.8 Å². The third-order valence-corrected chi connectivity index (χ3v) is 2.24. The van der Waals surface area contributed by atoms with E-state index in [1.165, 1.54) is 11.8 Å². The molecular weight excluding hydrogens is 198 g/mol. The molecule has 1 heterocycles. The Morgan fingerprint density at radius 1 is 1.64 bits per heavy atom. The molecule has 1 aromatic rings. The van der Waals surface area contributed by atoms with E-state index < -0.39 is 0 Å². The molecule has 0 radical (unpaired) electrons. The number of aromatic nitrogens is 1. The van der Waals surface area contributed by atoms with Crippen molar-refractivity contribution in [1.29, 1.82) is 0 Å². The van der Waals surface area contributed by atoms with E-state index in [4.69, 9.17) is 5.73 Å². The van der Waals surface area contributed by atoms with Gasteiger partial charge in [-0.25, -0.2) is 4.98 Å².